The van der Waals surface area contributed by atoms with Crippen LogP contribution in [0.4, 0.5) is 0 Å². The van der Waals surface area contributed by atoms with Crippen molar-refractivity contribution in [2.75, 3.05) is 13.2 Å². The molecule has 0 aromatic carbocycles. The number of ether oxygens (including phenoxy) is 2. The molecule has 22 heavy (non-hydrogen) atoms. The van der Waals surface area contributed by atoms with Gasteiger partial charge in [-0.05, 0) is 12.8 Å². The van der Waals surface area contributed by atoms with Crippen molar-refractivity contribution in [1.82, 2.24) is 5.32 Å². The number of unbranched alkanes of at least 4 members (excludes halogenated alkanes) is 1. The van der Waals surface area contributed by atoms with Gasteiger partial charge < -0.3 is 35.2 Å². The highest BCUT2D eigenvalue weighted by Crippen LogP contribution is 2.22. The van der Waals surface area contributed by atoms with E-state index in [2.05, 4.69) is 5.32 Å². The van der Waals surface area contributed by atoms with Crippen molar-refractivity contribution in [3.05, 3.63) is 0 Å². The van der Waals surface area contributed by atoms with Gasteiger partial charge in [-0.3, -0.25) is 9.59 Å². The van der Waals surface area contributed by atoms with Gasteiger partial charge in [0.15, 0.2) is 6.29 Å². The Hall–Kier alpha value is -1.26. The Bertz CT molecular complexity index is 377. The van der Waals surface area contributed by atoms with Crippen molar-refractivity contribution in [2.24, 2.45) is 0 Å². The van der Waals surface area contributed by atoms with Crippen LogP contribution in [-0.2, 0) is 19.1 Å². The van der Waals surface area contributed by atoms with Crippen LogP contribution in [0.2, 0.25) is 0 Å². The zero-order chi connectivity index (χ0) is 16.7. The topological polar surface area (TPSA) is 146 Å². The van der Waals surface area contributed by atoms with Crippen LogP contribution in [-0.4, -0.2) is 76.2 Å². The lowest BCUT2D eigenvalue weighted by Crippen LogP contribution is -2.64. The average molecular weight is 321 g/mol. The van der Waals surface area contributed by atoms with E-state index in [9.17, 15) is 19.8 Å². The highest BCUT2D eigenvalue weighted by atomic mass is 16.7. The Morgan fingerprint density at radius 2 is 1.91 bits per heavy atom. The summed E-state index contributed by atoms with van der Waals surface area (Å²) in [6.07, 6.45) is -3.87. The third-order valence-electron chi connectivity index (χ3n) is 3.32. The molecular weight excluding hydrogens is 298 g/mol. The van der Waals surface area contributed by atoms with E-state index < -0.39 is 49.1 Å². The number of nitrogens with one attached hydrogen (secondary N) is 1. The summed E-state index contributed by atoms with van der Waals surface area (Å²) in [7, 11) is 0. The van der Waals surface area contributed by atoms with E-state index in [0.29, 0.717) is 12.8 Å². The number of rotatable bonds is 8. The molecule has 1 heterocycles. The van der Waals surface area contributed by atoms with Gasteiger partial charge in [-0.25, -0.2) is 0 Å². The van der Waals surface area contributed by atoms with Gasteiger partial charge in [-0.15, -0.1) is 0 Å². The smallest absolute Gasteiger partial charge is 0.303 e. The van der Waals surface area contributed by atoms with Gasteiger partial charge >= 0.3 is 5.97 Å². The van der Waals surface area contributed by atoms with E-state index in [-0.39, 0.29) is 13.0 Å². The summed E-state index contributed by atoms with van der Waals surface area (Å²) in [6, 6.07) is -0.977. The van der Waals surface area contributed by atoms with Gasteiger partial charge in [0.05, 0.1) is 6.61 Å². The molecule has 0 bridgehead atoms. The number of aliphatic carboxylic acids is 1. The number of hydrogen-bond acceptors (Lipinski definition) is 7. The van der Waals surface area contributed by atoms with Gasteiger partial charge in [-0.2, -0.15) is 0 Å². The van der Waals surface area contributed by atoms with Crippen LogP contribution in [0.25, 0.3) is 0 Å². The van der Waals surface area contributed by atoms with Crippen LogP contribution >= 0.6 is 0 Å². The second kappa shape index (κ2) is 9.01. The SMILES string of the molecule is CC(=O)N[C@H]1[C@H](OCCCCC(=O)O)O[C@H](CO)[C@H](O)[C@@H]1O. The van der Waals surface area contributed by atoms with E-state index >= 15 is 0 Å². The number of hydrogen-bond donors (Lipinski definition) is 5. The molecule has 0 spiro atoms. The first-order valence-electron chi connectivity index (χ1n) is 7.09. The minimum absolute atomic E-state index is 0.0185. The normalized spacial score (nSPS) is 31.7. The molecule has 0 saturated carbocycles. The first-order valence-corrected chi connectivity index (χ1v) is 7.09. The maximum Gasteiger partial charge on any atom is 0.303 e. The first kappa shape index (κ1) is 18.8. The molecule has 0 aromatic rings. The highest BCUT2D eigenvalue weighted by Gasteiger charge is 2.45. The maximum absolute atomic E-state index is 11.2. The van der Waals surface area contributed by atoms with E-state index in [1.807, 2.05) is 0 Å². The Kier molecular flexibility index (Phi) is 7.69. The molecule has 5 N–H and O–H groups in total. The molecule has 0 aromatic heterocycles. The number of carbonyl (C=O) groups is 2. The van der Waals surface area contributed by atoms with Gasteiger partial charge in [0.1, 0.15) is 24.4 Å². The lowest BCUT2D eigenvalue weighted by Gasteiger charge is -2.42. The van der Waals surface area contributed by atoms with Gasteiger partial charge in [0.2, 0.25) is 5.91 Å². The number of amides is 1. The minimum atomic E-state index is -1.35. The van der Waals surface area contributed by atoms with Crippen LogP contribution in [0.5, 0.6) is 0 Å². The quantitative estimate of drug-likeness (QED) is 0.329. The summed E-state index contributed by atoms with van der Waals surface area (Å²) in [6.45, 7) is 0.903. The number of carboxylic acid groups (broad SMARTS) is 1. The zero-order valence-corrected chi connectivity index (χ0v) is 12.3. The second-order valence-electron chi connectivity index (χ2n) is 5.15. The first-order chi connectivity index (χ1) is 10.4. The molecule has 1 amide bonds. The van der Waals surface area contributed by atoms with Crippen LogP contribution < -0.4 is 5.32 Å². The lowest BCUT2D eigenvalue weighted by atomic mass is 9.97. The van der Waals surface area contributed by atoms with Crippen molar-refractivity contribution >= 4 is 11.9 Å². The molecule has 1 saturated heterocycles. The lowest BCUT2D eigenvalue weighted by molar-refractivity contribution is -0.270. The summed E-state index contributed by atoms with van der Waals surface area (Å²) < 4.78 is 10.8. The summed E-state index contributed by atoms with van der Waals surface area (Å²) in [5.41, 5.74) is 0. The fraction of sp³-hybridized carbons (Fsp3) is 0.846. The molecule has 5 atom stereocenters. The summed E-state index contributed by atoms with van der Waals surface area (Å²) in [4.78, 5) is 21.6. The predicted molar refractivity (Wildman–Crippen MR) is 72.8 cm³/mol. The summed E-state index contributed by atoms with van der Waals surface area (Å²) in [5, 5.41) is 39.9. The molecule has 9 heteroatoms. The molecular formula is C13H23NO8. The number of carboxylic acids is 1. The van der Waals surface area contributed by atoms with Gasteiger partial charge in [0.25, 0.3) is 0 Å². The van der Waals surface area contributed by atoms with Crippen molar-refractivity contribution < 1.29 is 39.5 Å². The van der Waals surface area contributed by atoms with Gasteiger partial charge in [0, 0.05) is 20.0 Å². The molecule has 1 fully saturated rings. The Labute approximate surface area is 127 Å². The Morgan fingerprint density at radius 1 is 1.23 bits per heavy atom. The van der Waals surface area contributed by atoms with Crippen molar-refractivity contribution in [3.8, 4) is 0 Å². The predicted octanol–water partition coefficient (Wildman–Crippen LogP) is -1.80. The van der Waals surface area contributed by atoms with E-state index in [4.69, 9.17) is 19.7 Å². The Morgan fingerprint density at radius 3 is 2.45 bits per heavy atom. The summed E-state index contributed by atoms with van der Waals surface area (Å²) >= 11 is 0. The number of aliphatic hydroxyl groups is 3. The number of aliphatic hydroxyl groups excluding tert-OH is 3. The molecule has 1 aliphatic rings. The van der Waals surface area contributed by atoms with Crippen LogP contribution in [0.15, 0.2) is 0 Å². The molecule has 0 unspecified atom stereocenters. The van der Waals surface area contributed by atoms with Gasteiger partial charge in [-0.1, -0.05) is 0 Å². The standard InChI is InChI=1S/C13H23NO8/c1-7(16)14-10-12(20)11(19)8(6-15)22-13(10)21-5-3-2-4-9(17)18/h8,10-13,15,19-20H,2-6H2,1H3,(H,14,16)(H,17,18)/t8-,10-,11+,12-,13-/m1/s1. The fourth-order valence-electron chi connectivity index (χ4n) is 2.19. The van der Waals surface area contributed by atoms with Crippen molar-refractivity contribution in [3.63, 3.8) is 0 Å². The van der Waals surface area contributed by atoms with Crippen molar-refractivity contribution in [2.45, 2.75) is 56.8 Å². The summed E-state index contributed by atoms with van der Waals surface area (Å²) in [5.74, 6) is -1.33. The second-order valence-corrected chi connectivity index (χ2v) is 5.15. The van der Waals surface area contributed by atoms with E-state index in [0.717, 1.165) is 0 Å². The maximum atomic E-state index is 11.2. The van der Waals surface area contributed by atoms with E-state index in [1.54, 1.807) is 0 Å². The molecule has 9 nitrogen and oxygen atoms in total. The Balaban J connectivity index is 2.57. The van der Waals surface area contributed by atoms with E-state index in [1.165, 1.54) is 6.92 Å². The third-order valence-corrected chi connectivity index (χ3v) is 3.32. The third kappa shape index (κ3) is 5.50. The van der Waals surface area contributed by atoms with Crippen LogP contribution in [0, 0.1) is 0 Å². The highest BCUT2D eigenvalue weighted by molar-refractivity contribution is 5.73. The largest absolute Gasteiger partial charge is 0.481 e. The minimum Gasteiger partial charge on any atom is -0.481 e. The molecule has 0 radical (unpaired) electrons. The monoisotopic (exact) mass is 321 g/mol. The zero-order valence-electron chi connectivity index (χ0n) is 12.3. The fourth-order valence-corrected chi connectivity index (χ4v) is 2.19. The number of carbonyl (C=O) groups excluding carboxylic acids is 1. The molecule has 1 rings (SSSR count). The average Bonchev–Trinajstić information content (AvgIpc) is 2.45. The van der Waals surface area contributed by atoms with Crippen LogP contribution in [0.3, 0.4) is 0 Å². The molecule has 128 valence electrons. The van der Waals surface area contributed by atoms with Crippen LogP contribution in [0.1, 0.15) is 26.2 Å². The molecule has 0 aliphatic carbocycles. The van der Waals surface area contributed by atoms with Crippen molar-refractivity contribution in [1.29, 1.82) is 0 Å². The molecule has 1 aliphatic heterocycles.